The van der Waals surface area contributed by atoms with Gasteiger partial charge in [0, 0.05) is 38.8 Å². The molecule has 0 saturated carbocycles. The number of fused-ring (bicyclic) bond motifs is 1. The van der Waals surface area contributed by atoms with E-state index >= 15 is 0 Å². The maximum atomic E-state index is 13.1. The van der Waals surface area contributed by atoms with Crippen LogP contribution in [0.15, 0.2) is 71.6 Å². The number of sulfonamides is 1. The first kappa shape index (κ1) is 25.3. The number of ether oxygens (including phenoxy) is 1. The summed E-state index contributed by atoms with van der Waals surface area (Å²) in [4.78, 5) is 21.9. The van der Waals surface area contributed by atoms with Crippen molar-refractivity contribution in [3.63, 3.8) is 0 Å². The van der Waals surface area contributed by atoms with E-state index in [0.717, 1.165) is 15.3 Å². The summed E-state index contributed by atoms with van der Waals surface area (Å²) in [6.07, 6.45) is 0. The second-order valence-corrected chi connectivity index (χ2v) is 11.9. The van der Waals surface area contributed by atoms with Gasteiger partial charge in [-0.25, -0.2) is 13.4 Å². The van der Waals surface area contributed by atoms with Crippen molar-refractivity contribution in [2.75, 3.05) is 49.5 Å². The highest BCUT2D eigenvalue weighted by Gasteiger charge is 2.26. The third kappa shape index (κ3) is 4.84. The van der Waals surface area contributed by atoms with E-state index in [1.54, 1.807) is 65.8 Å². The molecule has 1 aliphatic rings. The minimum Gasteiger partial charge on any atom is -0.493 e. The zero-order valence-corrected chi connectivity index (χ0v) is 22.7. The lowest BCUT2D eigenvalue weighted by atomic mass is 10.2. The Kier molecular flexibility index (Phi) is 6.98. The Morgan fingerprint density at radius 1 is 1.00 bits per heavy atom. The van der Waals surface area contributed by atoms with Gasteiger partial charge in [0.1, 0.15) is 5.52 Å². The van der Waals surface area contributed by atoms with Gasteiger partial charge in [0.2, 0.25) is 0 Å². The van der Waals surface area contributed by atoms with Gasteiger partial charge < -0.3 is 14.5 Å². The van der Waals surface area contributed by atoms with Crippen LogP contribution in [0.25, 0.3) is 10.2 Å². The number of para-hydroxylation sites is 1. The number of halogens is 1. The number of methoxy groups -OCH3 is 1. The molecule has 37 heavy (non-hydrogen) atoms. The van der Waals surface area contributed by atoms with Crippen LogP contribution in [0.3, 0.4) is 0 Å². The third-order valence-corrected chi connectivity index (χ3v) is 9.55. The summed E-state index contributed by atoms with van der Waals surface area (Å²) in [5.74, 6) is 0.439. The number of carbonyl (C=O) groups is 1. The topological polar surface area (TPSA) is 83.0 Å². The highest BCUT2D eigenvalue weighted by Crippen LogP contribution is 2.38. The van der Waals surface area contributed by atoms with E-state index in [0.29, 0.717) is 48.2 Å². The fraction of sp³-hybridized carbons (Fsp3) is 0.231. The van der Waals surface area contributed by atoms with E-state index < -0.39 is 10.0 Å². The molecule has 4 aromatic rings. The second-order valence-electron chi connectivity index (χ2n) is 8.54. The van der Waals surface area contributed by atoms with E-state index in [9.17, 15) is 13.2 Å². The Morgan fingerprint density at radius 3 is 2.32 bits per heavy atom. The Labute approximate surface area is 224 Å². The maximum Gasteiger partial charge on any atom is 0.264 e. The van der Waals surface area contributed by atoms with Crippen molar-refractivity contribution in [2.45, 2.75) is 4.90 Å². The number of amides is 1. The fourth-order valence-corrected chi connectivity index (χ4v) is 6.69. The van der Waals surface area contributed by atoms with Crippen molar-refractivity contribution < 1.29 is 17.9 Å². The molecule has 0 radical (unpaired) electrons. The molecule has 1 saturated heterocycles. The molecule has 0 bridgehead atoms. The van der Waals surface area contributed by atoms with Gasteiger partial charge in [-0.1, -0.05) is 41.1 Å². The molecule has 8 nitrogen and oxygen atoms in total. The van der Waals surface area contributed by atoms with Gasteiger partial charge >= 0.3 is 0 Å². The molecule has 1 aromatic heterocycles. The molecule has 0 aliphatic carbocycles. The summed E-state index contributed by atoms with van der Waals surface area (Å²) >= 11 is 7.80. The van der Waals surface area contributed by atoms with Gasteiger partial charge in [-0.3, -0.25) is 9.10 Å². The Hall–Kier alpha value is -3.34. The van der Waals surface area contributed by atoms with Gasteiger partial charge in [0.25, 0.3) is 15.9 Å². The predicted molar refractivity (Wildman–Crippen MR) is 148 cm³/mol. The molecule has 1 amide bonds. The minimum atomic E-state index is -3.74. The summed E-state index contributed by atoms with van der Waals surface area (Å²) in [5, 5.41) is 1.38. The number of thiazole rings is 1. The molecule has 2 heterocycles. The van der Waals surface area contributed by atoms with E-state index in [4.69, 9.17) is 21.3 Å². The molecule has 0 unspecified atom stereocenters. The van der Waals surface area contributed by atoms with Crippen molar-refractivity contribution >= 4 is 59.9 Å². The lowest BCUT2D eigenvalue weighted by Gasteiger charge is -2.34. The fourth-order valence-electron chi connectivity index (χ4n) is 4.25. The van der Waals surface area contributed by atoms with Crippen LogP contribution in [-0.4, -0.2) is 64.5 Å². The first-order valence-electron chi connectivity index (χ1n) is 11.6. The normalized spacial score (nSPS) is 14.1. The number of hydrogen-bond acceptors (Lipinski definition) is 7. The average molecular weight is 557 g/mol. The monoisotopic (exact) mass is 556 g/mol. The van der Waals surface area contributed by atoms with Crippen LogP contribution in [0.5, 0.6) is 5.75 Å². The molecule has 3 aromatic carbocycles. The van der Waals surface area contributed by atoms with Crippen LogP contribution in [-0.2, 0) is 10.0 Å². The van der Waals surface area contributed by atoms with Crippen LogP contribution in [0.1, 0.15) is 10.4 Å². The zero-order valence-electron chi connectivity index (χ0n) is 20.3. The second kappa shape index (κ2) is 10.2. The first-order valence-corrected chi connectivity index (χ1v) is 14.2. The van der Waals surface area contributed by atoms with Gasteiger partial charge in [-0.05, 0) is 48.5 Å². The lowest BCUT2D eigenvalue weighted by molar-refractivity contribution is 0.0746. The van der Waals surface area contributed by atoms with Gasteiger partial charge in [-0.2, -0.15) is 0 Å². The van der Waals surface area contributed by atoms with Gasteiger partial charge in [0.05, 0.1) is 27.4 Å². The summed E-state index contributed by atoms with van der Waals surface area (Å²) in [5.41, 5.74) is 1.76. The number of aromatic nitrogens is 1. The zero-order chi connectivity index (χ0) is 26.2. The quantitative estimate of drug-likeness (QED) is 0.341. The van der Waals surface area contributed by atoms with Crippen LogP contribution in [0.2, 0.25) is 5.02 Å². The van der Waals surface area contributed by atoms with Crippen molar-refractivity contribution in [3.8, 4) is 5.75 Å². The Bertz CT molecular complexity index is 1530. The largest absolute Gasteiger partial charge is 0.493 e. The number of hydrogen-bond donors (Lipinski definition) is 0. The molecule has 5 rings (SSSR count). The Morgan fingerprint density at radius 2 is 1.68 bits per heavy atom. The minimum absolute atomic E-state index is 0.127. The summed E-state index contributed by atoms with van der Waals surface area (Å²) in [6.45, 7) is 2.33. The van der Waals surface area contributed by atoms with E-state index in [1.807, 2.05) is 12.1 Å². The average Bonchev–Trinajstić information content (AvgIpc) is 3.37. The lowest BCUT2D eigenvalue weighted by Crippen LogP contribution is -2.48. The molecular formula is C26H25ClN4O4S2. The summed E-state index contributed by atoms with van der Waals surface area (Å²) < 4.78 is 33.7. The van der Waals surface area contributed by atoms with Crippen LogP contribution >= 0.6 is 22.9 Å². The molecule has 0 N–H and O–H groups in total. The van der Waals surface area contributed by atoms with Crippen molar-refractivity contribution in [3.05, 3.63) is 77.3 Å². The Balaban J connectivity index is 1.25. The summed E-state index contributed by atoms with van der Waals surface area (Å²) in [7, 11) is -0.647. The molecule has 0 atom stereocenters. The molecule has 0 spiro atoms. The van der Waals surface area contributed by atoms with Crippen molar-refractivity contribution in [1.29, 1.82) is 0 Å². The maximum absolute atomic E-state index is 13.1. The molecule has 1 aliphatic heterocycles. The first-order chi connectivity index (χ1) is 17.8. The number of piperazine rings is 1. The van der Waals surface area contributed by atoms with Crippen molar-refractivity contribution in [1.82, 2.24) is 9.88 Å². The highest BCUT2D eigenvalue weighted by atomic mass is 35.5. The predicted octanol–water partition coefficient (Wildman–Crippen LogP) is 4.75. The molecule has 1 fully saturated rings. The number of nitrogens with zero attached hydrogens (tertiary/aromatic N) is 4. The van der Waals surface area contributed by atoms with E-state index in [-0.39, 0.29) is 10.8 Å². The standard InChI is InChI=1S/C26H25ClN4O4S2/c1-29(19-6-4-3-5-7-19)37(33,34)20-10-8-18(9-11-20)25(32)30-14-16-31(17-15-30)26-28-23-22(36-26)13-12-21(27)24(23)35-2/h3-13H,14-17H2,1-2H3. The number of rotatable bonds is 6. The van der Waals surface area contributed by atoms with Crippen LogP contribution < -0.4 is 13.9 Å². The van der Waals surface area contributed by atoms with Crippen LogP contribution in [0, 0.1) is 0 Å². The number of carbonyl (C=O) groups excluding carboxylic acids is 1. The number of anilines is 2. The highest BCUT2D eigenvalue weighted by molar-refractivity contribution is 7.92. The molecular weight excluding hydrogens is 532 g/mol. The van der Waals surface area contributed by atoms with E-state index in [2.05, 4.69) is 4.90 Å². The molecule has 11 heteroatoms. The third-order valence-electron chi connectivity index (χ3n) is 6.38. The SMILES string of the molecule is COc1c(Cl)ccc2sc(N3CCN(C(=O)c4ccc(S(=O)(=O)N(C)c5ccccc5)cc4)CC3)nc12. The van der Waals surface area contributed by atoms with E-state index in [1.165, 1.54) is 23.5 Å². The number of benzene rings is 3. The van der Waals surface area contributed by atoms with Gasteiger partial charge in [-0.15, -0.1) is 0 Å². The van der Waals surface area contributed by atoms with Crippen LogP contribution in [0.4, 0.5) is 10.8 Å². The smallest absolute Gasteiger partial charge is 0.264 e. The van der Waals surface area contributed by atoms with Gasteiger partial charge in [0.15, 0.2) is 10.9 Å². The van der Waals surface area contributed by atoms with Crippen molar-refractivity contribution in [2.24, 2.45) is 0 Å². The summed E-state index contributed by atoms with van der Waals surface area (Å²) in [6, 6.07) is 18.7. The molecule has 192 valence electrons.